The number of benzene rings is 1. The summed E-state index contributed by atoms with van der Waals surface area (Å²) in [6.07, 6.45) is 4.02. The molecule has 1 aromatic carbocycles. The number of aryl methyl sites for hydroxylation is 2. The molecule has 0 saturated heterocycles. The minimum absolute atomic E-state index is 0.258. The number of thioether (sulfide) groups is 1. The summed E-state index contributed by atoms with van der Waals surface area (Å²) in [5.41, 5.74) is 2.95. The number of carbonyl (C=O) groups is 1. The van der Waals surface area contributed by atoms with E-state index in [0.717, 1.165) is 54.3 Å². The number of nitriles is 1. The van der Waals surface area contributed by atoms with Crippen molar-refractivity contribution in [3.05, 3.63) is 56.3 Å². The number of hydrogen-bond donors (Lipinski definition) is 2. The van der Waals surface area contributed by atoms with Crippen LogP contribution in [-0.4, -0.2) is 16.4 Å². The van der Waals surface area contributed by atoms with Gasteiger partial charge in [0.15, 0.2) is 0 Å². The number of thiophene rings is 1. The molecule has 2 heterocycles. The first-order chi connectivity index (χ1) is 14.5. The Balaban J connectivity index is 1.54. The molecule has 2 N–H and O–H groups in total. The van der Waals surface area contributed by atoms with Gasteiger partial charge >= 0.3 is 10.7 Å². The van der Waals surface area contributed by atoms with Gasteiger partial charge in [-0.05, 0) is 66.8 Å². The second-order valence-corrected chi connectivity index (χ2v) is 9.67. The van der Waals surface area contributed by atoms with Gasteiger partial charge in [0, 0.05) is 17.0 Å². The van der Waals surface area contributed by atoms with E-state index in [0.29, 0.717) is 10.6 Å². The Morgan fingerprint density at radius 1 is 1.33 bits per heavy atom. The van der Waals surface area contributed by atoms with E-state index in [1.807, 2.05) is 31.2 Å². The number of rotatable bonds is 5. The summed E-state index contributed by atoms with van der Waals surface area (Å²) >= 11 is 2.60. The summed E-state index contributed by atoms with van der Waals surface area (Å²) in [7, 11) is 0. The quantitative estimate of drug-likeness (QED) is 0.466. The fraction of sp³-hybridized carbons (Fsp3) is 0.333. The van der Waals surface area contributed by atoms with Gasteiger partial charge in [0.05, 0.1) is 10.8 Å². The van der Waals surface area contributed by atoms with Crippen molar-refractivity contribution in [2.45, 2.75) is 49.8 Å². The summed E-state index contributed by atoms with van der Waals surface area (Å²) in [5, 5.41) is 15.4. The van der Waals surface area contributed by atoms with Crippen LogP contribution in [0.2, 0.25) is 0 Å². The van der Waals surface area contributed by atoms with Gasteiger partial charge in [-0.1, -0.05) is 17.7 Å². The molecule has 154 valence electrons. The van der Waals surface area contributed by atoms with Crippen LogP contribution in [0.3, 0.4) is 0 Å². The van der Waals surface area contributed by atoms with Crippen molar-refractivity contribution in [1.82, 2.24) is 5.27 Å². The van der Waals surface area contributed by atoms with Crippen molar-refractivity contribution in [3.63, 3.8) is 0 Å². The lowest BCUT2D eigenvalue weighted by atomic mass is 9.96. The SMILES string of the molecule is Cc1ccc(-[n+]2[nH]oc(=O)c2SC(C)C(=O)Nc2sc3c(c2C#N)CCCC3)cc1. The van der Waals surface area contributed by atoms with E-state index in [-0.39, 0.29) is 10.9 Å². The Morgan fingerprint density at radius 3 is 2.80 bits per heavy atom. The molecule has 0 bridgehead atoms. The van der Waals surface area contributed by atoms with Gasteiger partial charge < -0.3 is 5.32 Å². The van der Waals surface area contributed by atoms with Crippen LogP contribution in [-0.2, 0) is 17.6 Å². The van der Waals surface area contributed by atoms with Crippen molar-refractivity contribution >= 4 is 34.0 Å². The number of H-pyrrole nitrogens is 1. The zero-order valence-corrected chi connectivity index (χ0v) is 18.3. The molecule has 0 spiro atoms. The fourth-order valence-electron chi connectivity index (χ4n) is 3.43. The molecular formula is C21H21N4O3S2+. The van der Waals surface area contributed by atoms with Gasteiger partial charge in [-0.3, -0.25) is 9.32 Å². The topological polar surface area (TPSA) is 103 Å². The summed E-state index contributed by atoms with van der Waals surface area (Å²) in [6, 6.07) is 9.85. The molecule has 1 unspecified atom stereocenters. The van der Waals surface area contributed by atoms with Crippen LogP contribution in [0.1, 0.15) is 41.3 Å². The van der Waals surface area contributed by atoms with Crippen molar-refractivity contribution < 1.29 is 14.0 Å². The highest BCUT2D eigenvalue weighted by Crippen LogP contribution is 2.38. The highest BCUT2D eigenvalue weighted by atomic mass is 32.2. The molecule has 2 aromatic heterocycles. The molecule has 0 saturated carbocycles. The normalized spacial score (nSPS) is 14.0. The fourth-order valence-corrected chi connectivity index (χ4v) is 5.56. The van der Waals surface area contributed by atoms with Crippen LogP contribution in [0.15, 0.2) is 38.6 Å². The maximum absolute atomic E-state index is 12.8. The average Bonchev–Trinajstić information content (AvgIpc) is 3.28. The van der Waals surface area contributed by atoms with Crippen molar-refractivity contribution in [2.75, 3.05) is 5.32 Å². The zero-order valence-electron chi connectivity index (χ0n) is 16.7. The average molecular weight is 442 g/mol. The third kappa shape index (κ3) is 3.93. The Bertz CT molecular complexity index is 1180. The smallest absolute Gasteiger partial charge is 0.316 e. The first-order valence-corrected chi connectivity index (χ1v) is 11.4. The number of nitrogens with zero attached hydrogens (tertiary/aromatic N) is 2. The summed E-state index contributed by atoms with van der Waals surface area (Å²) in [6.45, 7) is 3.71. The van der Waals surface area contributed by atoms with Crippen LogP contribution in [0.5, 0.6) is 0 Å². The lowest BCUT2D eigenvalue weighted by Gasteiger charge is -2.09. The molecule has 1 amide bonds. The van der Waals surface area contributed by atoms with Crippen molar-refractivity contribution in [3.8, 4) is 11.8 Å². The van der Waals surface area contributed by atoms with Gasteiger partial charge in [-0.2, -0.15) is 5.26 Å². The number of fused-ring (bicyclic) bond motifs is 1. The van der Waals surface area contributed by atoms with Gasteiger partial charge in [-0.15, -0.1) is 11.3 Å². The van der Waals surface area contributed by atoms with Gasteiger partial charge in [-0.25, -0.2) is 4.79 Å². The number of amides is 1. The Hall–Kier alpha value is -2.83. The maximum atomic E-state index is 12.8. The van der Waals surface area contributed by atoms with Crippen molar-refractivity contribution in [1.29, 1.82) is 5.26 Å². The molecule has 1 atom stereocenters. The third-order valence-electron chi connectivity index (χ3n) is 5.08. The number of nitrogens with one attached hydrogen (secondary N) is 2. The number of carbonyl (C=O) groups excluding carboxylic acids is 1. The second kappa shape index (κ2) is 8.50. The number of anilines is 1. The zero-order chi connectivity index (χ0) is 21.3. The number of hydrogen-bond acceptors (Lipinski definition) is 6. The lowest BCUT2D eigenvalue weighted by molar-refractivity contribution is -0.704. The first-order valence-electron chi connectivity index (χ1n) is 9.70. The van der Waals surface area contributed by atoms with Crippen LogP contribution < -0.4 is 15.6 Å². The van der Waals surface area contributed by atoms with E-state index in [2.05, 4.69) is 16.7 Å². The summed E-state index contributed by atoms with van der Waals surface area (Å²) in [5.74, 6) is -0.258. The maximum Gasteiger partial charge on any atom is 0.442 e. The van der Waals surface area contributed by atoms with Gasteiger partial charge in [0.1, 0.15) is 11.1 Å². The second-order valence-electron chi connectivity index (χ2n) is 7.23. The molecule has 1 aliphatic carbocycles. The molecule has 9 heteroatoms. The molecule has 0 fully saturated rings. The minimum Gasteiger partial charge on any atom is -0.316 e. The van der Waals surface area contributed by atoms with E-state index in [1.165, 1.54) is 20.9 Å². The van der Waals surface area contributed by atoms with Crippen LogP contribution >= 0.6 is 23.1 Å². The Labute approximate surface area is 181 Å². The third-order valence-corrected chi connectivity index (χ3v) is 7.42. The monoisotopic (exact) mass is 441 g/mol. The molecule has 0 radical (unpaired) electrons. The Morgan fingerprint density at radius 2 is 2.07 bits per heavy atom. The molecule has 30 heavy (non-hydrogen) atoms. The molecule has 7 nitrogen and oxygen atoms in total. The van der Waals surface area contributed by atoms with Gasteiger partial charge in [0.2, 0.25) is 11.6 Å². The van der Waals surface area contributed by atoms with Crippen LogP contribution in [0, 0.1) is 18.3 Å². The summed E-state index contributed by atoms with van der Waals surface area (Å²) in [4.78, 5) is 26.2. The van der Waals surface area contributed by atoms with Gasteiger partial charge in [0.25, 0.3) is 0 Å². The number of aromatic nitrogens is 2. The van der Waals surface area contributed by atoms with Crippen LogP contribution in [0.4, 0.5) is 5.00 Å². The predicted molar refractivity (Wildman–Crippen MR) is 115 cm³/mol. The van der Waals surface area contributed by atoms with Crippen LogP contribution in [0.25, 0.3) is 5.69 Å². The largest absolute Gasteiger partial charge is 0.442 e. The van der Waals surface area contributed by atoms with Crippen molar-refractivity contribution in [2.24, 2.45) is 0 Å². The number of aromatic amines is 1. The first kappa shape index (κ1) is 20.4. The minimum atomic E-state index is -0.564. The molecule has 4 rings (SSSR count). The van der Waals surface area contributed by atoms with E-state index in [9.17, 15) is 14.9 Å². The highest BCUT2D eigenvalue weighted by Gasteiger charge is 2.30. The molecule has 3 aromatic rings. The molecule has 1 aliphatic rings. The Kier molecular flexibility index (Phi) is 5.79. The standard InChI is InChI=1S/C21H20N4O3S2/c1-12-7-9-14(10-8-12)25-20(21(27)28-24-25)29-13(2)18(26)23-19-16(11-22)15-5-3-4-6-17(15)30-19/h7-10,13H,3-6H2,1-2H3,(H-,23,24,26,27)/p+1. The summed E-state index contributed by atoms with van der Waals surface area (Å²) < 4.78 is 6.49. The van der Waals surface area contributed by atoms with E-state index in [4.69, 9.17) is 4.52 Å². The lowest BCUT2D eigenvalue weighted by Crippen LogP contribution is -2.37. The predicted octanol–water partition coefficient (Wildman–Crippen LogP) is 3.48. The highest BCUT2D eigenvalue weighted by molar-refractivity contribution is 8.00. The molecule has 0 aliphatic heterocycles. The molecular weight excluding hydrogens is 420 g/mol. The van der Waals surface area contributed by atoms with E-state index < -0.39 is 10.9 Å². The van der Waals surface area contributed by atoms with E-state index in [1.54, 1.807) is 6.92 Å². The van der Waals surface area contributed by atoms with E-state index >= 15 is 0 Å².